The van der Waals surface area contributed by atoms with Crippen molar-refractivity contribution >= 4 is 39.5 Å². The summed E-state index contributed by atoms with van der Waals surface area (Å²) in [6, 6.07) is 18.9. The molecule has 2 aromatic carbocycles. The number of thioether (sulfide) groups is 1. The number of nitrogen functional groups attached to an aromatic ring is 1. The molecular weight excluding hydrogens is 430 g/mol. The van der Waals surface area contributed by atoms with E-state index in [2.05, 4.69) is 20.8 Å². The van der Waals surface area contributed by atoms with Crippen molar-refractivity contribution in [2.24, 2.45) is 4.99 Å². The molecule has 3 aromatic rings. The van der Waals surface area contributed by atoms with Gasteiger partial charge in [-0.25, -0.2) is 13.4 Å². The molecule has 9 heteroatoms. The SMILES string of the molecule is CN=Cc1c(N)nc(SCc2cccc(NS(C)(=O)=O)c2)c(C#N)c1-c1ccccc1. The summed E-state index contributed by atoms with van der Waals surface area (Å²) < 4.78 is 25.4. The summed E-state index contributed by atoms with van der Waals surface area (Å²) in [7, 11) is -1.73. The minimum Gasteiger partial charge on any atom is -0.383 e. The monoisotopic (exact) mass is 451 g/mol. The lowest BCUT2D eigenvalue weighted by molar-refractivity contribution is 0.607. The Morgan fingerprint density at radius 1 is 1.23 bits per heavy atom. The highest BCUT2D eigenvalue weighted by Gasteiger charge is 2.19. The predicted octanol–water partition coefficient (Wildman–Crippen LogP) is 3.91. The lowest BCUT2D eigenvalue weighted by Crippen LogP contribution is -2.09. The van der Waals surface area contributed by atoms with Crippen LogP contribution in [0.1, 0.15) is 16.7 Å². The number of benzene rings is 2. The van der Waals surface area contributed by atoms with Gasteiger partial charge < -0.3 is 5.73 Å². The van der Waals surface area contributed by atoms with Gasteiger partial charge >= 0.3 is 0 Å². The number of hydrogen-bond acceptors (Lipinski definition) is 7. The summed E-state index contributed by atoms with van der Waals surface area (Å²) in [5, 5.41) is 10.5. The van der Waals surface area contributed by atoms with Gasteiger partial charge in [0.05, 0.1) is 11.8 Å². The number of anilines is 2. The molecule has 0 aliphatic heterocycles. The van der Waals surface area contributed by atoms with Gasteiger partial charge in [-0.15, -0.1) is 11.8 Å². The molecule has 158 valence electrons. The first-order valence-corrected chi connectivity index (χ1v) is 12.1. The lowest BCUT2D eigenvalue weighted by Gasteiger charge is -2.14. The number of pyridine rings is 1. The highest BCUT2D eigenvalue weighted by atomic mass is 32.2. The Balaban J connectivity index is 2.00. The second-order valence-corrected chi connectivity index (χ2v) is 9.41. The quantitative estimate of drug-likeness (QED) is 0.415. The molecule has 0 unspecified atom stereocenters. The van der Waals surface area contributed by atoms with E-state index < -0.39 is 10.0 Å². The average Bonchev–Trinajstić information content (AvgIpc) is 2.73. The maximum atomic E-state index is 11.5. The van der Waals surface area contributed by atoms with Gasteiger partial charge in [-0.3, -0.25) is 9.71 Å². The van der Waals surface area contributed by atoms with Crippen LogP contribution < -0.4 is 10.5 Å². The van der Waals surface area contributed by atoms with Gasteiger partial charge in [0, 0.05) is 35.8 Å². The predicted molar refractivity (Wildman–Crippen MR) is 127 cm³/mol. The molecule has 7 nitrogen and oxygen atoms in total. The van der Waals surface area contributed by atoms with Crippen molar-refractivity contribution in [3.8, 4) is 17.2 Å². The van der Waals surface area contributed by atoms with E-state index in [1.807, 2.05) is 36.4 Å². The number of nitrogens with zero attached hydrogens (tertiary/aromatic N) is 3. The second-order valence-electron chi connectivity index (χ2n) is 6.69. The zero-order chi connectivity index (χ0) is 22.4. The van der Waals surface area contributed by atoms with Crippen LogP contribution in [0.15, 0.2) is 64.6 Å². The number of nitrogens with one attached hydrogen (secondary N) is 1. The van der Waals surface area contributed by atoms with Crippen LogP contribution >= 0.6 is 11.8 Å². The molecule has 3 N–H and O–H groups in total. The van der Waals surface area contributed by atoms with Crippen molar-refractivity contribution in [1.29, 1.82) is 5.26 Å². The van der Waals surface area contributed by atoms with Gasteiger partial charge in [0.1, 0.15) is 16.9 Å². The summed E-state index contributed by atoms with van der Waals surface area (Å²) in [5.41, 5.74) is 10.2. The van der Waals surface area contributed by atoms with E-state index in [9.17, 15) is 13.7 Å². The van der Waals surface area contributed by atoms with Gasteiger partial charge in [0.15, 0.2) is 0 Å². The number of aromatic nitrogens is 1. The third-order valence-electron chi connectivity index (χ3n) is 4.27. The molecule has 3 rings (SSSR count). The van der Waals surface area contributed by atoms with Crippen molar-refractivity contribution in [3.63, 3.8) is 0 Å². The molecule has 0 fully saturated rings. The molecule has 0 spiro atoms. The normalized spacial score (nSPS) is 11.4. The van der Waals surface area contributed by atoms with Gasteiger partial charge in [-0.1, -0.05) is 42.5 Å². The van der Waals surface area contributed by atoms with Gasteiger partial charge in [-0.05, 0) is 23.3 Å². The molecule has 0 radical (unpaired) electrons. The largest absolute Gasteiger partial charge is 0.383 e. The van der Waals surface area contributed by atoms with E-state index >= 15 is 0 Å². The topological polar surface area (TPSA) is 121 Å². The standard InChI is InChI=1S/C22H21N5O2S2/c1-25-13-19-20(16-8-4-3-5-9-16)18(12-23)22(26-21(19)24)30-14-15-7-6-10-17(11-15)27-31(2,28)29/h3-11,13,27H,14H2,1-2H3,(H2,24,26). The molecule has 0 aliphatic rings. The molecule has 0 saturated heterocycles. The van der Waals surface area contributed by atoms with Crippen LogP contribution in [-0.2, 0) is 15.8 Å². The Morgan fingerprint density at radius 3 is 2.61 bits per heavy atom. The average molecular weight is 452 g/mol. The Kier molecular flexibility index (Phi) is 6.95. The first-order chi connectivity index (χ1) is 14.8. The van der Waals surface area contributed by atoms with Crippen molar-refractivity contribution in [1.82, 2.24) is 4.98 Å². The maximum absolute atomic E-state index is 11.5. The lowest BCUT2D eigenvalue weighted by atomic mass is 9.97. The summed E-state index contributed by atoms with van der Waals surface area (Å²) >= 11 is 1.37. The van der Waals surface area contributed by atoms with E-state index in [-0.39, 0.29) is 0 Å². The first-order valence-electron chi connectivity index (χ1n) is 9.23. The summed E-state index contributed by atoms with van der Waals surface area (Å²) in [6.45, 7) is 0. The molecule has 31 heavy (non-hydrogen) atoms. The van der Waals surface area contributed by atoms with E-state index in [1.54, 1.807) is 31.5 Å². The third-order valence-corrected chi connectivity index (χ3v) is 5.92. The van der Waals surface area contributed by atoms with Crippen molar-refractivity contribution in [2.45, 2.75) is 10.8 Å². The highest BCUT2D eigenvalue weighted by molar-refractivity contribution is 7.98. The summed E-state index contributed by atoms with van der Waals surface area (Å²) in [4.78, 5) is 8.53. The molecule has 0 atom stereocenters. The second kappa shape index (κ2) is 9.64. The number of nitriles is 1. The number of sulfonamides is 1. The fraction of sp³-hybridized carbons (Fsp3) is 0.136. The highest BCUT2D eigenvalue weighted by Crippen LogP contribution is 2.36. The number of aliphatic imine (C=N–C) groups is 1. The molecular formula is C22H21N5O2S2. The summed E-state index contributed by atoms with van der Waals surface area (Å²) in [6.07, 6.45) is 2.72. The fourth-order valence-electron chi connectivity index (χ4n) is 3.06. The minimum atomic E-state index is -3.36. The molecule has 0 aliphatic carbocycles. The van der Waals surface area contributed by atoms with Crippen LogP contribution in [0.2, 0.25) is 0 Å². The number of nitrogens with two attached hydrogens (primary N) is 1. The number of rotatable bonds is 7. The van der Waals surface area contributed by atoms with Crippen LogP contribution in [0.3, 0.4) is 0 Å². The van der Waals surface area contributed by atoms with Crippen LogP contribution in [0, 0.1) is 11.3 Å². The minimum absolute atomic E-state index is 0.290. The van der Waals surface area contributed by atoms with Crippen molar-refractivity contribution in [3.05, 3.63) is 71.3 Å². The molecule has 0 bridgehead atoms. The van der Waals surface area contributed by atoms with E-state index in [0.717, 1.165) is 17.4 Å². The van der Waals surface area contributed by atoms with Crippen LogP contribution in [0.4, 0.5) is 11.5 Å². The smallest absolute Gasteiger partial charge is 0.229 e. The van der Waals surface area contributed by atoms with E-state index in [4.69, 9.17) is 5.73 Å². The Bertz CT molecular complexity index is 1270. The van der Waals surface area contributed by atoms with Crippen LogP contribution in [0.5, 0.6) is 0 Å². The van der Waals surface area contributed by atoms with Crippen molar-refractivity contribution < 1.29 is 8.42 Å². The maximum Gasteiger partial charge on any atom is 0.229 e. The molecule has 1 heterocycles. The Morgan fingerprint density at radius 2 is 1.97 bits per heavy atom. The zero-order valence-electron chi connectivity index (χ0n) is 17.0. The molecule has 1 aromatic heterocycles. The number of hydrogen-bond donors (Lipinski definition) is 2. The van der Waals surface area contributed by atoms with E-state index in [1.165, 1.54) is 11.8 Å². The van der Waals surface area contributed by atoms with Crippen LogP contribution in [-0.4, -0.2) is 32.9 Å². The summed E-state index contributed by atoms with van der Waals surface area (Å²) in [5.74, 6) is 0.772. The van der Waals surface area contributed by atoms with Gasteiger partial charge in [0.2, 0.25) is 10.0 Å². The Hall–Kier alpha value is -3.35. The fourth-order valence-corrected chi connectivity index (χ4v) is 4.55. The van der Waals surface area contributed by atoms with Gasteiger partial charge in [0.25, 0.3) is 0 Å². The van der Waals surface area contributed by atoms with E-state index in [0.29, 0.717) is 39.0 Å². The zero-order valence-corrected chi connectivity index (χ0v) is 18.7. The van der Waals surface area contributed by atoms with Gasteiger partial charge in [-0.2, -0.15) is 5.26 Å². The first kappa shape index (κ1) is 22.3. The molecule has 0 amide bonds. The Labute approximate surface area is 186 Å². The van der Waals surface area contributed by atoms with Crippen LogP contribution in [0.25, 0.3) is 11.1 Å². The third kappa shape index (κ3) is 5.63. The van der Waals surface area contributed by atoms with Crippen molar-refractivity contribution in [2.75, 3.05) is 23.8 Å². The molecule has 0 saturated carbocycles.